The van der Waals surface area contributed by atoms with E-state index < -0.39 is 0 Å². The van der Waals surface area contributed by atoms with Crippen molar-refractivity contribution < 1.29 is 4.74 Å². The van der Waals surface area contributed by atoms with Gasteiger partial charge in [0.25, 0.3) is 0 Å². The first-order valence-electron chi connectivity index (χ1n) is 5.95. The normalized spacial score (nSPS) is 10.6. The number of rotatable bonds is 6. The summed E-state index contributed by atoms with van der Waals surface area (Å²) < 4.78 is 6.65. The van der Waals surface area contributed by atoms with Gasteiger partial charge in [0.05, 0.1) is 4.34 Å². The fourth-order valence-corrected chi connectivity index (χ4v) is 2.63. The number of thiophene rings is 1. The van der Waals surface area contributed by atoms with Crippen LogP contribution in [-0.4, -0.2) is 6.54 Å². The van der Waals surface area contributed by atoms with Gasteiger partial charge >= 0.3 is 0 Å². The molecule has 2 nitrogen and oxygen atoms in total. The first-order valence-corrected chi connectivity index (χ1v) is 7.14. The molecular weight excluding hydrogens is 266 g/mol. The number of halogens is 1. The van der Waals surface area contributed by atoms with Crippen molar-refractivity contribution in [2.75, 3.05) is 6.54 Å². The minimum atomic E-state index is 0.570. The molecule has 0 atom stereocenters. The highest BCUT2D eigenvalue weighted by Crippen LogP contribution is 2.24. The molecule has 1 heterocycles. The molecule has 0 bridgehead atoms. The molecule has 0 amide bonds. The Hall–Kier alpha value is -1.03. The molecule has 0 unspecified atom stereocenters. The second-order valence-corrected chi connectivity index (χ2v) is 5.68. The van der Waals surface area contributed by atoms with Crippen LogP contribution in [0.5, 0.6) is 5.75 Å². The molecule has 18 heavy (non-hydrogen) atoms. The van der Waals surface area contributed by atoms with Crippen molar-refractivity contribution in [3.8, 4) is 5.75 Å². The molecule has 0 spiro atoms. The Labute approximate surface area is 117 Å². The van der Waals surface area contributed by atoms with Gasteiger partial charge in [0.1, 0.15) is 12.4 Å². The van der Waals surface area contributed by atoms with Gasteiger partial charge < -0.3 is 10.1 Å². The zero-order valence-electron chi connectivity index (χ0n) is 10.3. The van der Waals surface area contributed by atoms with Gasteiger partial charge in [-0.15, -0.1) is 11.3 Å². The van der Waals surface area contributed by atoms with Crippen LogP contribution in [0.2, 0.25) is 4.34 Å². The standard InChI is InChI=1S/C14H16ClNOS/c1-2-16-9-11-5-3-4-6-13(11)17-10-12-7-8-14(15)18-12/h3-8,16H,2,9-10H2,1H3. The predicted octanol–water partition coefficient (Wildman–Crippen LogP) is 4.09. The van der Waals surface area contributed by atoms with Crippen LogP contribution in [0.1, 0.15) is 17.4 Å². The summed E-state index contributed by atoms with van der Waals surface area (Å²) in [6.45, 7) is 4.45. The van der Waals surface area contributed by atoms with Gasteiger partial charge in [-0.05, 0) is 24.7 Å². The summed E-state index contributed by atoms with van der Waals surface area (Å²) in [7, 11) is 0. The smallest absolute Gasteiger partial charge is 0.124 e. The Morgan fingerprint density at radius 2 is 2.06 bits per heavy atom. The van der Waals surface area contributed by atoms with Crippen LogP contribution >= 0.6 is 22.9 Å². The van der Waals surface area contributed by atoms with Crippen molar-refractivity contribution in [2.24, 2.45) is 0 Å². The van der Waals surface area contributed by atoms with Crippen LogP contribution in [0.15, 0.2) is 36.4 Å². The number of nitrogens with one attached hydrogen (secondary N) is 1. The largest absolute Gasteiger partial charge is 0.488 e. The topological polar surface area (TPSA) is 21.3 Å². The van der Waals surface area contributed by atoms with E-state index in [9.17, 15) is 0 Å². The third kappa shape index (κ3) is 3.73. The minimum Gasteiger partial charge on any atom is -0.488 e. The minimum absolute atomic E-state index is 0.570. The predicted molar refractivity (Wildman–Crippen MR) is 77.5 cm³/mol. The SMILES string of the molecule is CCNCc1ccccc1OCc1ccc(Cl)s1. The fraction of sp³-hybridized carbons (Fsp3) is 0.286. The summed E-state index contributed by atoms with van der Waals surface area (Å²) in [5.41, 5.74) is 1.18. The highest BCUT2D eigenvalue weighted by atomic mass is 35.5. The van der Waals surface area contributed by atoms with E-state index in [0.717, 1.165) is 28.1 Å². The molecule has 96 valence electrons. The monoisotopic (exact) mass is 281 g/mol. The summed E-state index contributed by atoms with van der Waals surface area (Å²) in [5, 5.41) is 3.31. The Kier molecular flexibility index (Phi) is 5.05. The lowest BCUT2D eigenvalue weighted by atomic mass is 10.2. The van der Waals surface area contributed by atoms with Gasteiger partial charge in [-0.3, -0.25) is 0 Å². The molecule has 1 aromatic carbocycles. The van der Waals surface area contributed by atoms with E-state index in [1.807, 2.05) is 30.3 Å². The first-order chi connectivity index (χ1) is 8.79. The van der Waals surface area contributed by atoms with Gasteiger partial charge in [-0.1, -0.05) is 36.7 Å². The van der Waals surface area contributed by atoms with Crippen LogP contribution in [0.25, 0.3) is 0 Å². The third-order valence-electron chi connectivity index (χ3n) is 2.54. The van der Waals surface area contributed by atoms with Gasteiger partial charge in [0.2, 0.25) is 0 Å². The molecule has 0 fully saturated rings. The van der Waals surface area contributed by atoms with E-state index in [0.29, 0.717) is 6.61 Å². The lowest BCUT2D eigenvalue weighted by Crippen LogP contribution is -2.12. The molecule has 4 heteroatoms. The lowest BCUT2D eigenvalue weighted by molar-refractivity contribution is 0.305. The molecule has 0 radical (unpaired) electrons. The summed E-state index contributed by atoms with van der Waals surface area (Å²) in [6, 6.07) is 12.0. The fourth-order valence-electron chi connectivity index (χ4n) is 1.63. The van der Waals surface area contributed by atoms with Crippen LogP contribution in [-0.2, 0) is 13.2 Å². The Bertz CT molecular complexity index is 498. The van der Waals surface area contributed by atoms with Crippen LogP contribution in [0.3, 0.4) is 0 Å². The lowest BCUT2D eigenvalue weighted by Gasteiger charge is -2.10. The first kappa shape index (κ1) is 13.4. The zero-order valence-corrected chi connectivity index (χ0v) is 11.9. The highest BCUT2D eigenvalue weighted by Gasteiger charge is 2.04. The Morgan fingerprint density at radius 1 is 1.22 bits per heavy atom. The quantitative estimate of drug-likeness (QED) is 0.861. The maximum atomic E-state index is 5.89. The average Bonchev–Trinajstić information content (AvgIpc) is 2.81. The molecule has 2 aromatic rings. The maximum Gasteiger partial charge on any atom is 0.124 e. The van der Waals surface area contributed by atoms with Crippen LogP contribution in [0.4, 0.5) is 0 Å². The number of hydrogen-bond acceptors (Lipinski definition) is 3. The Balaban J connectivity index is 1.99. The summed E-state index contributed by atoms with van der Waals surface area (Å²) >= 11 is 7.45. The molecule has 0 aliphatic heterocycles. The van der Waals surface area contributed by atoms with Gasteiger partial charge in [-0.2, -0.15) is 0 Å². The highest BCUT2D eigenvalue weighted by molar-refractivity contribution is 7.16. The van der Waals surface area contributed by atoms with Crippen molar-refractivity contribution in [3.63, 3.8) is 0 Å². The molecule has 1 N–H and O–H groups in total. The van der Waals surface area contributed by atoms with E-state index >= 15 is 0 Å². The molecule has 0 aliphatic rings. The zero-order chi connectivity index (χ0) is 12.8. The number of benzene rings is 1. The second kappa shape index (κ2) is 6.78. The van der Waals surface area contributed by atoms with E-state index in [-0.39, 0.29) is 0 Å². The summed E-state index contributed by atoms with van der Waals surface area (Å²) in [4.78, 5) is 1.14. The van der Waals surface area contributed by atoms with E-state index in [1.165, 1.54) is 5.56 Å². The van der Waals surface area contributed by atoms with Crippen LogP contribution < -0.4 is 10.1 Å². The number of hydrogen-bond donors (Lipinski definition) is 1. The maximum absolute atomic E-state index is 5.89. The van der Waals surface area contributed by atoms with Crippen molar-refractivity contribution in [3.05, 3.63) is 51.2 Å². The van der Waals surface area contributed by atoms with Crippen molar-refractivity contribution in [2.45, 2.75) is 20.1 Å². The molecule has 0 aliphatic carbocycles. The summed E-state index contributed by atoms with van der Waals surface area (Å²) in [5.74, 6) is 0.933. The van der Waals surface area contributed by atoms with E-state index in [2.05, 4.69) is 18.3 Å². The molecule has 0 saturated carbocycles. The van der Waals surface area contributed by atoms with Gasteiger partial charge in [0, 0.05) is 17.0 Å². The van der Waals surface area contributed by atoms with Gasteiger partial charge in [0.15, 0.2) is 0 Å². The van der Waals surface area contributed by atoms with Crippen molar-refractivity contribution in [1.82, 2.24) is 5.32 Å². The van der Waals surface area contributed by atoms with Crippen LogP contribution in [0, 0.1) is 0 Å². The molecule has 0 saturated heterocycles. The van der Waals surface area contributed by atoms with Crippen molar-refractivity contribution >= 4 is 22.9 Å². The molecule has 1 aromatic heterocycles. The van der Waals surface area contributed by atoms with E-state index in [4.69, 9.17) is 16.3 Å². The molecule has 2 rings (SSSR count). The van der Waals surface area contributed by atoms with Gasteiger partial charge in [-0.25, -0.2) is 0 Å². The third-order valence-corrected chi connectivity index (χ3v) is 3.74. The second-order valence-electron chi connectivity index (χ2n) is 3.88. The van der Waals surface area contributed by atoms with Crippen molar-refractivity contribution in [1.29, 1.82) is 0 Å². The molecular formula is C14H16ClNOS. The Morgan fingerprint density at radius 3 is 2.78 bits per heavy atom. The van der Waals surface area contributed by atoms with E-state index in [1.54, 1.807) is 11.3 Å². The summed E-state index contributed by atoms with van der Waals surface area (Å²) in [6.07, 6.45) is 0. The average molecular weight is 282 g/mol. The number of para-hydroxylation sites is 1. The number of ether oxygens (including phenoxy) is 1.